The van der Waals surface area contributed by atoms with Gasteiger partial charge in [0.2, 0.25) is 0 Å². The van der Waals surface area contributed by atoms with Crippen LogP contribution in [0.25, 0.3) is 0 Å². The second-order valence-corrected chi connectivity index (χ2v) is 2.23. The first-order valence-corrected chi connectivity index (χ1v) is 3.46. The first-order valence-electron chi connectivity index (χ1n) is 3.46. The number of aromatic hydroxyl groups is 1. The van der Waals surface area contributed by atoms with Gasteiger partial charge in [0.25, 0.3) is 5.91 Å². The third-order valence-corrected chi connectivity index (χ3v) is 1.28. The average Bonchev–Trinajstić information content (AvgIpc) is 2.09. The van der Waals surface area contributed by atoms with Crippen molar-refractivity contribution in [3.63, 3.8) is 0 Å². The van der Waals surface area contributed by atoms with Gasteiger partial charge < -0.3 is 10.8 Å². The van der Waals surface area contributed by atoms with Crippen LogP contribution in [0.3, 0.4) is 0 Å². The molecule has 0 saturated heterocycles. The van der Waals surface area contributed by atoms with Gasteiger partial charge in [0, 0.05) is 0 Å². The smallest absolute Gasteiger partial charge is 0.259 e. The zero-order valence-corrected chi connectivity index (χ0v) is 6.40. The molecule has 0 bridgehead atoms. The molecule has 3 N–H and O–H groups in total. The summed E-state index contributed by atoms with van der Waals surface area (Å²) in [7, 11) is 0. The number of rotatable bonds is 2. The second-order valence-electron chi connectivity index (χ2n) is 2.23. The number of carbonyl (C=O) groups excluding carboxylic acids is 1. The van der Waals surface area contributed by atoms with Crippen LogP contribution in [0.4, 0.5) is 5.69 Å². The van der Waals surface area contributed by atoms with Crippen LogP contribution in [-0.2, 0) is 4.79 Å². The van der Waals surface area contributed by atoms with Crippen LogP contribution < -0.4 is 11.1 Å². The SMILES string of the molecule is NCC(=O)[N]c1ccc(O)cc1. The van der Waals surface area contributed by atoms with Crippen LogP contribution in [0.2, 0.25) is 0 Å². The molecule has 0 spiro atoms. The predicted octanol–water partition coefficient (Wildman–Crippen LogP) is 0.113. The van der Waals surface area contributed by atoms with Gasteiger partial charge in [-0.15, -0.1) is 0 Å². The maximum Gasteiger partial charge on any atom is 0.259 e. The minimum absolute atomic E-state index is 0.0964. The van der Waals surface area contributed by atoms with Crippen LogP contribution >= 0.6 is 0 Å². The van der Waals surface area contributed by atoms with Gasteiger partial charge in [-0.25, -0.2) is 5.32 Å². The highest BCUT2D eigenvalue weighted by Gasteiger charge is 2.00. The Hall–Kier alpha value is -1.55. The monoisotopic (exact) mass is 165 g/mol. The summed E-state index contributed by atoms with van der Waals surface area (Å²) in [6, 6.07) is 6.01. The molecule has 1 aromatic carbocycles. The normalized spacial score (nSPS) is 9.42. The molecule has 1 aromatic rings. The van der Waals surface area contributed by atoms with Gasteiger partial charge in [0.1, 0.15) is 5.75 Å². The molecule has 4 heteroatoms. The molecular formula is C8H9N2O2. The van der Waals surface area contributed by atoms with Gasteiger partial charge >= 0.3 is 0 Å². The molecule has 12 heavy (non-hydrogen) atoms. The van der Waals surface area contributed by atoms with Crippen molar-refractivity contribution in [3.05, 3.63) is 24.3 Å². The largest absolute Gasteiger partial charge is 0.508 e. The number of benzene rings is 1. The molecule has 0 aliphatic heterocycles. The lowest BCUT2D eigenvalue weighted by Gasteiger charge is -1.98. The summed E-state index contributed by atoms with van der Waals surface area (Å²) in [5, 5.41) is 12.5. The topological polar surface area (TPSA) is 77.4 Å². The summed E-state index contributed by atoms with van der Waals surface area (Å²) in [6.07, 6.45) is 0. The number of phenolic OH excluding ortho intramolecular Hbond substituents is 1. The maximum absolute atomic E-state index is 10.7. The number of nitrogens with two attached hydrogens (primary N) is 1. The predicted molar refractivity (Wildman–Crippen MR) is 44.0 cm³/mol. The van der Waals surface area contributed by atoms with Gasteiger partial charge in [-0.05, 0) is 24.3 Å². The second kappa shape index (κ2) is 3.73. The van der Waals surface area contributed by atoms with E-state index in [0.717, 1.165) is 0 Å². The molecule has 0 saturated carbocycles. The highest BCUT2D eigenvalue weighted by atomic mass is 16.3. The summed E-state index contributed by atoms with van der Waals surface area (Å²) >= 11 is 0. The van der Waals surface area contributed by atoms with Crippen molar-refractivity contribution >= 4 is 11.6 Å². The minimum Gasteiger partial charge on any atom is -0.508 e. The number of carbonyl (C=O) groups is 1. The Labute approximate surface area is 70.0 Å². The number of amides is 1. The van der Waals surface area contributed by atoms with E-state index >= 15 is 0 Å². The Morgan fingerprint density at radius 2 is 2.00 bits per heavy atom. The summed E-state index contributed by atoms with van der Waals surface area (Å²) in [5.41, 5.74) is 5.56. The third-order valence-electron chi connectivity index (χ3n) is 1.28. The number of nitrogens with zero attached hydrogens (tertiary/aromatic N) is 1. The highest BCUT2D eigenvalue weighted by Crippen LogP contribution is 2.13. The minimum atomic E-state index is -0.374. The average molecular weight is 165 g/mol. The van der Waals surface area contributed by atoms with E-state index in [4.69, 9.17) is 10.8 Å². The lowest BCUT2D eigenvalue weighted by Crippen LogP contribution is -2.20. The molecule has 0 aliphatic rings. The van der Waals surface area contributed by atoms with Crippen molar-refractivity contribution in [2.45, 2.75) is 0 Å². The fourth-order valence-corrected chi connectivity index (χ4v) is 0.717. The van der Waals surface area contributed by atoms with E-state index in [-0.39, 0.29) is 18.2 Å². The quantitative estimate of drug-likeness (QED) is 0.653. The van der Waals surface area contributed by atoms with Crippen LogP contribution in [0.1, 0.15) is 0 Å². The first-order chi connectivity index (χ1) is 5.72. The summed E-state index contributed by atoms with van der Waals surface area (Å²) in [6.45, 7) is -0.0964. The molecule has 0 aromatic heterocycles. The Bertz CT molecular complexity index is 269. The summed E-state index contributed by atoms with van der Waals surface area (Å²) < 4.78 is 0. The van der Waals surface area contributed by atoms with E-state index in [2.05, 4.69) is 5.32 Å². The molecule has 1 rings (SSSR count). The zero-order chi connectivity index (χ0) is 8.97. The van der Waals surface area contributed by atoms with Gasteiger partial charge in [-0.2, -0.15) is 0 Å². The first kappa shape index (κ1) is 8.55. The Morgan fingerprint density at radius 1 is 1.42 bits per heavy atom. The van der Waals surface area contributed by atoms with E-state index in [9.17, 15) is 4.79 Å². The van der Waals surface area contributed by atoms with Crippen molar-refractivity contribution in [1.29, 1.82) is 0 Å². The number of phenols is 1. The van der Waals surface area contributed by atoms with Crippen molar-refractivity contribution in [1.82, 2.24) is 5.32 Å². The van der Waals surface area contributed by atoms with Gasteiger partial charge in [-0.3, -0.25) is 4.79 Å². The highest BCUT2D eigenvalue weighted by molar-refractivity contribution is 5.82. The van der Waals surface area contributed by atoms with Crippen molar-refractivity contribution < 1.29 is 9.90 Å². The van der Waals surface area contributed by atoms with Crippen LogP contribution in [-0.4, -0.2) is 17.6 Å². The summed E-state index contributed by atoms with van der Waals surface area (Å²) in [5.74, 6) is -0.227. The fraction of sp³-hybridized carbons (Fsp3) is 0.125. The number of hydrogen-bond donors (Lipinski definition) is 2. The van der Waals surface area contributed by atoms with Crippen molar-refractivity contribution in [2.24, 2.45) is 5.73 Å². The van der Waals surface area contributed by atoms with Gasteiger partial charge in [0.15, 0.2) is 0 Å². The molecule has 1 amide bonds. The van der Waals surface area contributed by atoms with E-state index in [0.29, 0.717) is 5.69 Å². The molecule has 63 valence electrons. The van der Waals surface area contributed by atoms with Crippen molar-refractivity contribution in [3.8, 4) is 5.75 Å². The molecule has 0 aliphatic carbocycles. The van der Waals surface area contributed by atoms with E-state index < -0.39 is 0 Å². The zero-order valence-electron chi connectivity index (χ0n) is 6.40. The number of hydrogen-bond acceptors (Lipinski definition) is 3. The van der Waals surface area contributed by atoms with E-state index in [1.165, 1.54) is 12.1 Å². The lowest BCUT2D eigenvalue weighted by atomic mass is 10.3. The molecule has 0 atom stereocenters. The molecule has 4 nitrogen and oxygen atoms in total. The fourth-order valence-electron chi connectivity index (χ4n) is 0.717. The van der Waals surface area contributed by atoms with Gasteiger partial charge in [-0.1, -0.05) is 0 Å². The molecule has 0 unspecified atom stereocenters. The van der Waals surface area contributed by atoms with Gasteiger partial charge in [0.05, 0.1) is 12.2 Å². The van der Waals surface area contributed by atoms with Crippen molar-refractivity contribution in [2.75, 3.05) is 6.54 Å². The van der Waals surface area contributed by atoms with Crippen LogP contribution in [0.5, 0.6) is 5.75 Å². The molecule has 1 radical (unpaired) electrons. The molecule has 0 fully saturated rings. The van der Waals surface area contributed by atoms with E-state index in [1.54, 1.807) is 12.1 Å². The maximum atomic E-state index is 10.7. The summed E-state index contributed by atoms with van der Waals surface area (Å²) in [4.78, 5) is 10.7. The Kier molecular flexibility index (Phi) is 2.66. The molecule has 0 heterocycles. The van der Waals surface area contributed by atoms with Crippen LogP contribution in [0, 0.1) is 0 Å². The third kappa shape index (κ3) is 2.25. The standard InChI is InChI=1S/C8H9N2O2/c9-5-8(12)10-6-1-3-7(11)4-2-6/h1-4,11H,5,9H2. The van der Waals surface area contributed by atoms with Crippen LogP contribution in [0.15, 0.2) is 24.3 Å². The Morgan fingerprint density at radius 3 is 2.50 bits per heavy atom. The van der Waals surface area contributed by atoms with E-state index in [1.807, 2.05) is 0 Å². The molecular weight excluding hydrogens is 156 g/mol. The Balaban J connectivity index is 2.64. The lowest BCUT2D eigenvalue weighted by molar-refractivity contribution is -0.118.